The molecule has 0 aliphatic rings. The van der Waals surface area contributed by atoms with E-state index in [1.165, 1.54) is 23.9 Å². The average Bonchev–Trinajstić information content (AvgIpc) is 2.65. The number of thioether (sulfide) groups is 1. The van der Waals surface area contributed by atoms with E-state index in [9.17, 15) is 9.18 Å². The van der Waals surface area contributed by atoms with Gasteiger partial charge in [0.1, 0.15) is 18.2 Å². The van der Waals surface area contributed by atoms with Crippen molar-refractivity contribution in [3.63, 3.8) is 0 Å². The van der Waals surface area contributed by atoms with Gasteiger partial charge in [0.15, 0.2) is 0 Å². The Morgan fingerprint density at radius 2 is 1.96 bits per heavy atom. The molecule has 1 N–H and O–H groups in total. The molecule has 0 aliphatic heterocycles. The maximum Gasteiger partial charge on any atom is 0.231 e. The van der Waals surface area contributed by atoms with E-state index in [-0.39, 0.29) is 30.6 Å². The molecule has 0 radical (unpaired) electrons. The lowest BCUT2D eigenvalue weighted by Crippen LogP contribution is -2.25. The molecule has 5 heteroatoms. The first-order valence-corrected chi connectivity index (χ1v) is 9.10. The zero-order valence-electron chi connectivity index (χ0n) is 14.3. The van der Waals surface area contributed by atoms with Gasteiger partial charge < -0.3 is 10.1 Å². The topological polar surface area (TPSA) is 38.3 Å². The quantitative estimate of drug-likeness (QED) is 0.436. The number of para-hydroxylation sites is 1. The lowest BCUT2D eigenvalue weighted by atomic mass is 10.1. The number of allylic oxidation sites excluding steroid dienone is 1. The Morgan fingerprint density at radius 1 is 1.19 bits per heavy atom. The molecule has 1 amide bonds. The molecular formula is C21H20FNO2S. The Kier molecular flexibility index (Phi) is 8.31. The molecule has 0 saturated heterocycles. The molecule has 0 aliphatic carbocycles. The Labute approximate surface area is 157 Å². The second-order valence-corrected chi connectivity index (χ2v) is 6.31. The average molecular weight is 369 g/mol. The molecule has 0 aromatic heterocycles. The van der Waals surface area contributed by atoms with E-state index in [0.717, 1.165) is 22.6 Å². The van der Waals surface area contributed by atoms with Crippen molar-refractivity contribution in [2.24, 2.45) is 0 Å². The minimum atomic E-state index is -0.289. The molecule has 2 rings (SSSR count). The standard InChI is InChI=1S/C21H20FNO2S/c1-2-7-17-8-3-4-9-20(17)25-15-6-5-14-23-21(24)16-26-19-12-10-18(22)11-13-19/h2-4,8-13H,1,7,14-16H2,(H,23,24). The Bertz CT molecular complexity index is 794. The monoisotopic (exact) mass is 369 g/mol. The van der Waals surface area contributed by atoms with Gasteiger partial charge in [-0.25, -0.2) is 4.39 Å². The van der Waals surface area contributed by atoms with E-state index in [0.29, 0.717) is 0 Å². The van der Waals surface area contributed by atoms with Crippen molar-refractivity contribution in [3.05, 3.63) is 72.6 Å². The van der Waals surface area contributed by atoms with Crippen LogP contribution >= 0.6 is 11.8 Å². The van der Waals surface area contributed by atoms with Gasteiger partial charge in [0.2, 0.25) is 5.91 Å². The molecule has 2 aromatic carbocycles. The molecule has 0 unspecified atom stereocenters. The highest BCUT2D eigenvalue weighted by Gasteiger charge is 2.02. The van der Waals surface area contributed by atoms with Crippen LogP contribution in [0.15, 0.2) is 66.1 Å². The maximum atomic E-state index is 12.8. The lowest BCUT2D eigenvalue weighted by Gasteiger charge is -2.07. The summed E-state index contributed by atoms with van der Waals surface area (Å²) in [5.41, 5.74) is 1.07. The smallest absolute Gasteiger partial charge is 0.231 e. The number of halogens is 1. The number of carbonyl (C=O) groups excluding carboxylic acids is 1. The van der Waals surface area contributed by atoms with Gasteiger partial charge in [-0.3, -0.25) is 4.79 Å². The number of hydrogen-bond acceptors (Lipinski definition) is 3. The molecule has 134 valence electrons. The maximum absolute atomic E-state index is 12.8. The van der Waals surface area contributed by atoms with Crippen molar-refractivity contribution in [2.45, 2.75) is 11.3 Å². The van der Waals surface area contributed by atoms with Crippen molar-refractivity contribution < 1.29 is 13.9 Å². The van der Waals surface area contributed by atoms with Gasteiger partial charge in [-0.2, -0.15) is 0 Å². The van der Waals surface area contributed by atoms with E-state index in [1.807, 2.05) is 30.3 Å². The summed E-state index contributed by atoms with van der Waals surface area (Å²) < 4.78 is 18.4. The Hall–Kier alpha value is -2.71. The molecule has 26 heavy (non-hydrogen) atoms. The Morgan fingerprint density at radius 3 is 2.73 bits per heavy atom. The number of amides is 1. The van der Waals surface area contributed by atoms with Crippen molar-refractivity contribution in [1.82, 2.24) is 5.32 Å². The summed E-state index contributed by atoms with van der Waals surface area (Å²) in [7, 11) is 0. The zero-order valence-corrected chi connectivity index (χ0v) is 15.2. The summed E-state index contributed by atoms with van der Waals surface area (Å²) in [5.74, 6) is 6.38. The van der Waals surface area contributed by atoms with Gasteiger partial charge in [0.25, 0.3) is 0 Å². The summed E-state index contributed by atoms with van der Waals surface area (Å²) in [6.45, 7) is 4.25. The summed E-state index contributed by atoms with van der Waals surface area (Å²) in [4.78, 5) is 12.6. The van der Waals surface area contributed by atoms with Crippen LogP contribution in [0.25, 0.3) is 0 Å². The number of benzene rings is 2. The fraction of sp³-hybridized carbons (Fsp3) is 0.190. The summed E-state index contributed by atoms with van der Waals surface area (Å²) in [6.07, 6.45) is 2.57. The number of nitrogens with one attached hydrogen (secondary N) is 1. The van der Waals surface area contributed by atoms with Crippen LogP contribution in [-0.2, 0) is 11.2 Å². The van der Waals surface area contributed by atoms with E-state index in [4.69, 9.17) is 4.74 Å². The van der Waals surface area contributed by atoms with Crippen LogP contribution in [0.2, 0.25) is 0 Å². The normalized spacial score (nSPS) is 9.73. The van der Waals surface area contributed by atoms with E-state index < -0.39 is 0 Å². The van der Waals surface area contributed by atoms with E-state index >= 15 is 0 Å². The number of ether oxygens (including phenoxy) is 1. The number of rotatable bonds is 8. The van der Waals surface area contributed by atoms with Gasteiger partial charge in [0, 0.05) is 4.90 Å². The Balaban J connectivity index is 1.66. The van der Waals surface area contributed by atoms with Crippen molar-refractivity contribution >= 4 is 17.7 Å². The third-order valence-corrected chi connectivity index (χ3v) is 4.33. The SMILES string of the molecule is C=CCc1ccccc1OCC#CCNC(=O)CSc1ccc(F)cc1. The van der Waals surface area contributed by atoms with E-state index in [2.05, 4.69) is 23.7 Å². The van der Waals surface area contributed by atoms with Gasteiger partial charge >= 0.3 is 0 Å². The van der Waals surface area contributed by atoms with Gasteiger partial charge in [-0.15, -0.1) is 18.3 Å². The van der Waals surface area contributed by atoms with Crippen molar-refractivity contribution in [3.8, 4) is 17.6 Å². The van der Waals surface area contributed by atoms with Crippen LogP contribution in [0, 0.1) is 17.7 Å². The predicted molar refractivity (Wildman–Crippen MR) is 104 cm³/mol. The number of carbonyl (C=O) groups is 1. The molecular weight excluding hydrogens is 349 g/mol. The highest BCUT2D eigenvalue weighted by atomic mass is 32.2. The minimum Gasteiger partial charge on any atom is -0.481 e. The molecule has 2 aromatic rings. The molecule has 0 atom stereocenters. The summed E-state index contributed by atoms with van der Waals surface area (Å²) in [5, 5.41) is 2.72. The number of hydrogen-bond donors (Lipinski definition) is 1. The van der Waals surface area contributed by atoms with Crippen molar-refractivity contribution in [1.29, 1.82) is 0 Å². The third-order valence-electron chi connectivity index (χ3n) is 3.32. The minimum absolute atomic E-state index is 0.120. The first-order valence-electron chi connectivity index (χ1n) is 8.11. The molecule has 0 saturated carbocycles. The fourth-order valence-corrected chi connectivity index (χ4v) is 2.80. The van der Waals surface area contributed by atoms with Crippen molar-refractivity contribution in [2.75, 3.05) is 18.9 Å². The van der Waals surface area contributed by atoms with Gasteiger partial charge in [0.05, 0.1) is 12.3 Å². The predicted octanol–water partition coefficient (Wildman–Crippen LogP) is 3.84. The molecule has 0 bridgehead atoms. The van der Waals surface area contributed by atoms with Crippen LogP contribution in [0.5, 0.6) is 5.75 Å². The van der Waals surface area contributed by atoms with Gasteiger partial charge in [-0.1, -0.05) is 36.1 Å². The third kappa shape index (κ3) is 7.04. The first-order chi connectivity index (χ1) is 12.7. The molecule has 0 spiro atoms. The first kappa shape index (κ1) is 19.6. The zero-order chi connectivity index (χ0) is 18.6. The largest absolute Gasteiger partial charge is 0.481 e. The molecule has 3 nitrogen and oxygen atoms in total. The van der Waals surface area contributed by atoms with Crippen LogP contribution in [0.1, 0.15) is 5.56 Å². The van der Waals surface area contributed by atoms with E-state index in [1.54, 1.807) is 12.1 Å². The summed E-state index contributed by atoms with van der Waals surface area (Å²) in [6, 6.07) is 13.8. The summed E-state index contributed by atoms with van der Waals surface area (Å²) >= 11 is 1.35. The van der Waals surface area contributed by atoms with Crippen LogP contribution in [0.4, 0.5) is 4.39 Å². The fourth-order valence-electron chi connectivity index (χ4n) is 2.07. The second-order valence-electron chi connectivity index (χ2n) is 5.26. The highest BCUT2D eigenvalue weighted by molar-refractivity contribution is 8.00. The van der Waals surface area contributed by atoms with Crippen LogP contribution in [0.3, 0.4) is 0 Å². The second kappa shape index (κ2) is 11.0. The molecule has 0 heterocycles. The lowest BCUT2D eigenvalue weighted by molar-refractivity contribution is -0.118. The van der Waals surface area contributed by atoms with Crippen LogP contribution in [-0.4, -0.2) is 24.8 Å². The molecule has 0 fully saturated rings. The van der Waals surface area contributed by atoms with Gasteiger partial charge in [-0.05, 0) is 42.3 Å². The van der Waals surface area contributed by atoms with Crippen LogP contribution < -0.4 is 10.1 Å². The highest BCUT2D eigenvalue weighted by Crippen LogP contribution is 2.18.